The molecule has 224 valence electrons. The fourth-order valence-electron chi connectivity index (χ4n) is 4.37. The first-order valence-electron chi connectivity index (χ1n) is 14.6. The first-order chi connectivity index (χ1) is 19.9. The molecule has 3 aromatic rings. The smallest absolute Gasteiger partial charge is 0.262 e. The van der Waals surface area contributed by atoms with Crippen LogP contribution in [0.1, 0.15) is 89.2 Å². The number of ether oxygens (including phenoxy) is 2. The number of amides is 2. The van der Waals surface area contributed by atoms with Gasteiger partial charge in [-0.05, 0) is 78.6 Å². The highest BCUT2D eigenvalue weighted by Gasteiger charge is 2.27. The normalized spacial score (nSPS) is 11.5. The molecule has 0 aliphatic rings. The van der Waals surface area contributed by atoms with Gasteiger partial charge in [-0.1, -0.05) is 65.8 Å². The molecule has 0 heterocycles. The predicted molar refractivity (Wildman–Crippen MR) is 169 cm³/mol. The molecule has 42 heavy (non-hydrogen) atoms. The SMILES string of the molecule is CCOc1ccc(NC(=O)CC(=O)c2cccc(NC(=O)COc3ccc(C(C)(C)CC)cc3C(C)(C)CC)c2)cc1. The lowest BCUT2D eigenvalue weighted by molar-refractivity contribution is -0.118. The second-order valence-corrected chi connectivity index (χ2v) is 11.7. The van der Waals surface area contributed by atoms with Crippen molar-refractivity contribution in [1.82, 2.24) is 0 Å². The fraction of sp³-hybridized carbons (Fsp3) is 0.400. The Morgan fingerprint density at radius 1 is 0.714 bits per heavy atom. The number of hydrogen-bond donors (Lipinski definition) is 2. The third-order valence-electron chi connectivity index (χ3n) is 7.86. The Labute approximate surface area is 250 Å². The molecule has 0 spiro atoms. The minimum absolute atomic E-state index is 0.0346. The van der Waals surface area contributed by atoms with Crippen LogP contribution in [0.25, 0.3) is 0 Å². The van der Waals surface area contributed by atoms with Gasteiger partial charge in [0.05, 0.1) is 13.0 Å². The van der Waals surface area contributed by atoms with E-state index in [4.69, 9.17) is 9.47 Å². The number of benzene rings is 3. The second kappa shape index (κ2) is 14.2. The van der Waals surface area contributed by atoms with Crippen LogP contribution in [0.2, 0.25) is 0 Å². The molecule has 0 saturated heterocycles. The molecule has 0 bridgehead atoms. The summed E-state index contributed by atoms with van der Waals surface area (Å²) in [6, 6.07) is 19.8. The van der Waals surface area contributed by atoms with E-state index in [1.165, 1.54) is 5.56 Å². The van der Waals surface area contributed by atoms with Crippen LogP contribution >= 0.6 is 0 Å². The lowest BCUT2D eigenvalue weighted by atomic mass is 9.76. The first-order valence-corrected chi connectivity index (χ1v) is 14.6. The number of anilines is 2. The van der Waals surface area contributed by atoms with Crippen molar-refractivity contribution in [2.24, 2.45) is 0 Å². The zero-order valence-electron chi connectivity index (χ0n) is 25.9. The quantitative estimate of drug-likeness (QED) is 0.153. The molecule has 3 rings (SSSR count). The Bertz CT molecular complexity index is 1390. The lowest BCUT2D eigenvalue weighted by Crippen LogP contribution is -2.24. The van der Waals surface area contributed by atoms with Gasteiger partial charge in [0.2, 0.25) is 5.91 Å². The van der Waals surface area contributed by atoms with Gasteiger partial charge in [-0.15, -0.1) is 0 Å². The summed E-state index contributed by atoms with van der Waals surface area (Å²) < 4.78 is 11.4. The number of nitrogens with one attached hydrogen (secondary N) is 2. The van der Waals surface area contributed by atoms with Crippen molar-refractivity contribution in [3.8, 4) is 11.5 Å². The van der Waals surface area contributed by atoms with Crippen molar-refractivity contribution >= 4 is 29.0 Å². The minimum Gasteiger partial charge on any atom is -0.494 e. The molecular formula is C35H44N2O5. The van der Waals surface area contributed by atoms with E-state index in [9.17, 15) is 14.4 Å². The molecular weight excluding hydrogens is 528 g/mol. The lowest BCUT2D eigenvalue weighted by Gasteiger charge is -2.30. The van der Waals surface area contributed by atoms with Crippen molar-refractivity contribution < 1.29 is 23.9 Å². The molecule has 7 nitrogen and oxygen atoms in total. The Morgan fingerprint density at radius 3 is 2.02 bits per heavy atom. The zero-order chi connectivity index (χ0) is 30.9. The molecule has 2 amide bonds. The topological polar surface area (TPSA) is 93.7 Å². The van der Waals surface area contributed by atoms with Crippen LogP contribution in [0.15, 0.2) is 66.7 Å². The summed E-state index contributed by atoms with van der Waals surface area (Å²) in [5.41, 5.74) is 3.59. The van der Waals surface area contributed by atoms with Crippen LogP contribution in [0.5, 0.6) is 11.5 Å². The van der Waals surface area contributed by atoms with Crippen LogP contribution in [-0.2, 0) is 20.4 Å². The summed E-state index contributed by atoms with van der Waals surface area (Å²) in [5.74, 6) is 0.273. The maximum absolute atomic E-state index is 12.8. The highest BCUT2D eigenvalue weighted by molar-refractivity contribution is 6.11. The van der Waals surface area contributed by atoms with Gasteiger partial charge in [0.1, 0.15) is 11.5 Å². The fourth-order valence-corrected chi connectivity index (χ4v) is 4.37. The van der Waals surface area contributed by atoms with Gasteiger partial charge < -0.3 is 20.1 Å². The van der Waals surface area contributed by atoms with Crippen LogP contribution in [0.4, 0.5) is 11.4 Å². The third kappa shape index (κ3) is 8.68. The Morgan fingerprint density at radius 2 is 1.38 bits per heavy atom. The Hall–Kier alpha value is -4.13. The van der Waals surface area contributed by atoms with E-state index < -0.39 is 5.91 Å². The van der Waals surface area contributed by atoms with Crippen LogP contribution in [0.3, 0.4) is 0 Å². The molecule has 2 N–H and O–H groups in total. The van der Waals surface area contributed by atoms with Gasteiger partial charge in [0.25, 0.3) is 5.91 Å². The van der Waals surface area contributed by atoms with Crippen LogP contribution in [-0.4, -0.2) is 30.8 Å². The number of ketones is 1. The van der Waals surface area contributed by atoms with E-state index in [1.807, 2.05) is 13.0 Å². The van der Waals surface area contributed by atoms with E-state index in [0.717, 1.165) is 18.4 Å². The van der Waals surface area contributed by atoms with E-state index in [1.54, 1.807) is 48.5 Å². The number of hydrogen-bond acceptors (Lipinski definition) is 5. The maximum atomic E-state index is 12.8. The number of rotatable bonds is 14. The standard InChI is InChI=1S/C35H44N2O5/c1-8-34(4,5)25-14-19-31(29(21-25)35(6,7)9-2)42-23-33(40)37-27-13-11-12-24(20-27)30(38)22-32(39)36-26-15-17-28(18-16-26)41-10-3/h11-21H,8-10,22-23H2,1-7H3,(H,36,39)(H,37,40). The summed E-state index contributed by atoms with van der Waals surface area (Å²) in [6.07, 6.45) is 1.61. The van der Waals surface area contributed by atoms with Gasteiger partial charge in [-0.3, -0.25) is 14.4 Å². The molecule has 0 saturated carbocycles. The van der Waals surface area contributed by atoms with Crippen LogP contribution in [0, 0.1) is 0 Å². The largest absolute Gasteiger partial charge is 0.494 e. The number of Topliss-reactive ketones (excluding diaryl/α,β-unsaturated/α-hetero) is 1. The van der Waals surface area contributed by atoms with E-state index in [0.29, 0.717) is 35.0 Å². The second-order valence-electron chi connectivity index (χ2n) is 11.7. The minimum atomic E-state index is -0.425. The average Bonchev–Trinajstić information content (AvgIpc) is 2.97. The van der Waals surface area contributed by atoms with Gasteiger partial charge >= 0.3 is 0 Å². The van der Waals surface area contributed by atoms with Crippen molar-refractivity contribution in [3.05, 3.63) is 83.4 Å². The van der Waals surface area contributed by atoms with E-state index in [2.05, 4.69) is 64.3 Å². The molecule has 0 aliphatic carbocycles. The monoisotopic (exact) mass is 572 g/mol. The first kappa shape index (κ1) is 32.4. The molecule has 0 radical (unpaired) electrons. The van der Waals surface area contributed by atoms with Gasteiger partial charge in [-0.25, -0.2) is 0 Å². The van der Waals surface area contributed by atoms with Crippen molar-refractivity contribution in [1.29, 1.82) is 0 Å². The number of carbonyl (C=O) groups is 3. The number of carbonyl (C=O) groups excluding carboxylic acids is 3. The molecule has 0 aromatic heterocycles. The van der Waals surface area contributed by atoms with Gasteiger partial charge in [0, 0.05) is 22.5 Å². The summed E-state index contributed by atoms with van der Waals surface area (Å²) in [4.78, 5) is 38.1. The zero-order valence-corrected chi connectivity index (χ0v) is 25.9. The predicted octanol–water partition coefficient (Wildman–Crippen LogP) is 7.69. The van der Waals surface area contributed by atoms with E-state index in [-0.39, 0.29) is 35.5 Å². The summed E-state index contributed by atoms with van der Waals surface area (Å²) >= 11 is 0. The third-order valence-corrected chi connectivity index (χ3v) is 7.86. The van der Waals surface area contributed by atoms with E-state index >= 15 is 0 Å². The molecule has 7 heteroatoms. The maximum Gasteiger partial charge on any atom is 0.262 e. The molecule has 0 atom stereocenters. The molecule has 0 fully saturated rings. The summed E-state index contributed by atoms with van der Waals surface area (Å²) in [6.45, 7) is 15.4. The van der Waals surface area contributed by atoms with Gasteiger partial charge in [0.15, 0.2) is 12.4 Å². The highest BCUT2D eigenvalue weighted by atomic mass is 16.5. The van der Waals surface area contributed by atoms with Crippen molar-refractivity contribution in [2.75, 3.05) is 23.8 Å². The van der Waals surface area contributed by atoms with Crippen molar-refractivity contribution in [3.63, 3.8) is 0 Å². The molecule has 0 unspecified atom stereocenters. The average molecular weight is 573 g/mol. The Kier molecular flexibility index (Phi) is 10.9. The summed E-state index contributed by atoms with van der Waals surface area (Å²) in [5, 5.41) is 5.53. The van der Waals surface area contributed by atoms with Gasteiger partial charge in [-0.2, -0.15) is 0 Å². The summed E-state index contributed by atoms with van der Waals surface area (Å²) in [7, 11) is 0. The molecule has 0 aliphatic heterocycles. The van der Waals surface area contributed by atoms with Crippen molar-refractivity contribution in [2.45, 2.75) is 78.6 Å². The Balaban J connectivity index is 1.62. The highest BCUT2D eigenvalue weighted by Crippen LogP contribution is 2.38. The molecule has 3 aromatic carbocycles. The van der Waals surface area contributed by atoms with Crippen LogP contribution < -0.4 is 20.1 Å².